The Hall–Kier alpha value is -1.05. The van der Waals surface area contributed by atoms with E-state index in [9.17, 15) is 0 Å². The van der Waals surface area contributed by atoms with Crippen LogP contribution in [0.25, 0.3) is 6.08 Å². The topological polar surface area (TPSA) is 26.0 Å². The third-order valence-corrected chi connectivity index (χ3v) is 0.667. The van der Waals surface area contributed by atoms with Crippen LogP contribution in [0.1, 0.15) is 26.0 Å². The van der Waals surface area contributed by atoms with E-state index < -0.39 is 0 Å². The minimum Gasteiger partial charge on any atom is -0.364 e. The molecule has 1 rings (SSSR count). The third kappa shape index (κ3) is 3.89. The van der Waals surface area contributed by atoms with Crippen molar-refractivity contribution in [1.82, 2.24) is 5.16 Å². The molecule has 0 saturated heterocycles. The van der Waals surface area contributed by atoms with Crippen LogP contribution in [0.3, 0.4) is 0 Å². The van der Waals surface area contributed by atoms with E-state index in [1.54, 1.807) is 12.1 Å². The van der Waals surface area contributed by atoms with Gasteiger partial charge in [0, 0.05) is 6.07 Å². The Bertz CT molecular complexity index is 156. The minimum absolute atomic E-state index is 0.778. The second-order valence-corrected chi connectivity index (χ2v) is 1.84. The molecular weight excluding hydrogens is 126 g/mol. The quantitative estimate of drug-likeness (QED) is 0.598. The van der Waals surface area contributed by atoms with Gasteiger partial charge in [-0.2, -0.15) is 0 Å². The molecule has 0 unspecified atom stereocenters. The minimum atomic E-state index is 0.778. The van der Waals surface area contributed by atoms with Crippen molar-refractivity contribution in [2.24, 2.45) is 0 Å². The molecule has 1 aromatic heterocycles. The SMILES string of the molecule is C=Cc1ccon1.CCC. The van der Waals surface area contributed by atoms with E-state index >= 15 is 0 Å². The first-order valence-corrected chi connectivity index (χ1v) is 3.38. The van der Waals surface area contributed by atoms with Gasteiger partial charge in [0.1, 0.15) is 12.0 Å². The van der Waals surface area contributed by atoms with E-state index in [-0.39, 0.29) is 0 Å². The lowest BCUT2D eigenvalue weighted by Crippen LogP contribution is -1.61. The molecular formula is C8H13NO. The van der Waals surface area contributed by atoms with Crippen LogP contribution < -0.4 is 0 Å². The molecule has 0 aliphatic heterocycles. The van der Waals surface area contributed by atoms with Gasteiger partial charge < -0.3 is 4.52 Å². The van der Waals surface area contributed by atoms with Gasteiger partial charge in [-0.05, 0) is 6.08 Å². The summed E-state index contributed by atoms with van der Waals surface area (Å²) in [5.41, 5.74) is 0.778. The largest absolute Gasteiger partial charge is 0.364 e. The lowest BCUT2D eigenvalue weighted by Gasteiger charge is -1.67. The highest BCUT2D eigenvalue weighted by atomic mass is 16.5. The van der Waals surface area contributed by atoms with Crippen molar-refractivity contribution < 1.29 is 4.52 Å². The predicted molar refractivity (Wildman–Crippen MR) is 42.6 cm³/mol. The molecule has 0 aromatic carbocycles. The van der Waals surface area contributed by atoms with Crippen molar-refractivity contribution >= 4 is 6.08 Å². The Morgan fingerprint density at radius 2 is 2.30 bits per heavy atom. The Balaban J connectivity index is 0.000000236. The van der Waals surface area contributed by atoms with Gasteiger partial charge >= 0.3 is 0 Å². The summed E-state index contributed by atoms with van der Waals surface area (Å²) in [5, 5.41) is 3.54. The van der Waals surface area contributed by atoms with Crippen LogP contribution in [-0.4, -0.2) is 5.16 Å². The zero-order valence-electron chi connectivity index (χ0n) is 6.50. The average Bonchev–Trinajstić information content (AvgIpc) is 2.39. The fraction of sp³-hybridized carbons (Fsp3) is 0.375. The molecule has 1 aromatic rings. The highest BCUT2D eigenvalue weighted by Gasteiger charge is 1.82. The van der Waals surface area contributed by atoms with Crippen LogP contribution in [-0.2, 0) is 0 Å². The van der Waals surface area contributed by atoms with Crippen LogP contribution in [0.15, 0.2) is 23.4 Å². The molecule has 10 heavy (non-hydrogen) atoms. The van der Waals surface area contributed by atoms with Crippen LogP contribution in [0.4, 0.5) is 0 Å². The molecule has 0 radical (unpaired) electrons. The van der Waals surface area contributed by atoms with E-state index in [2.05, 4.69) is 30.1 Å². The molecule has 0 spiro atoms. The van der Waals surface area contributed by atoms with E-state index in [1.807, 2.05) is 0 Å². The lowest BCUT2D eigenvalue weighted by molar-refractivity contribution is 0.418. The van der Waals surface area contributed by atoms with Crippen molar-refractivity contribution in [2.45, 2.75) is 20.3 Å². The molecule has 0 N–H and O–H groups in total. The summed E-state index contributed by atoms with van der Waals surface area (Å²) in [6.07, 6.45) is 4.39. The standard InChI is InChI=1S/C5H5NO.C3H8/c1-2-5-3-4-7-6-5;1-3-2/h2-4H,1H2;3H2,1-2H3. The van der Waals surface area contributed by atoms with Crippen LogP contribution in [0.2, 0.25) is 0 Å². The van der Waals surface area contributed by atoms with Gasteiger partial charge in [-0.3, -0.25) is 0 Å². The van der Waals surface area contributed by atoms with Crippen molar-refractivity contribution in [3.8, 4) is 0 Å². The molecule has 2 heteroatoms. The summed E-state index contributed by atoms with van der Waals surface area (Å²) >= 11 is 0. The van der Waals surface area contributed by atoms with Crippen molar-refractivity contribution in [1.29, 1.82) is 0 Å². The second-order valence-electron chi connectivity index (χ2n) is 1.84. The molecule has 56 valence electrons. The van der Waals surface area contributed by atoms with E-state index in [1.165, 1.54) is 12.7 Å². The van der Waals surface area contributed by atoms with Crippen LogP contribution >= 0.6 is 0 Å². The maximum absolute atomic E-state index is 4.48. The smallest absolute Gasteiger partial charge is 0.124 e. The van der Waals surface area contributed by atoms with Gasteiger partial charge in [0.2, 0.25) is 0 Å². The van der Waals surface area contributed by atoms with Crippen molar-refractivity contribution in [3.63, 3.8) is 0 Å². The summed E-state index contributed by atoms with van der Waals surface area (Å²) in [7, 11) is 0. The van der Waals surface area contributed by atoms with Crippen LogP contribution in [0, 0.1) is 0 Å². The van der Waals surface area contributed by atoms with Crippen LogP contribution in [0.5, 0.6) is 0 Å². The zero-order chi connectivity index (χ0) is 7.82. The Labute approximate surface area is 61.5 Å². The Morgan fingerprint density at radius 1 is 1.70 bits per heavy atom. The average molecular weight is 139 g/mol. The number of hydrogen-bond donors (Lipinski definition) is 0. The molecule has 0 saturated carbocycles. The number of nitrogens with zero attached hydrogens (tertiary/aromatic N) is 1. The molecule has 1 heterocycles. The summed E-state index contributed by atoms with van der Waals surface area (Å²) in [6, 6.07) is 1.74. The van der Waals surface area contributed by atoms with Gasteiger partial charge in [-0.1, -0.05) is 32.0 Å². The monoisotopic (exact) mass is 139 g/mol. The molecule has 0 bridgehead atoms. The third-order valence-electron chi connectivity index (χ3n) is 0.667. The van der Waals surface area contributed by atoms with E-state index in [4.69, 9.17) is 0 Å². The first-order valence-electron chi connectivity index (χ1n) is 3.38. The van der Waals surface area contributed by atoms with Gasteiger partial charge in [-0.15, -0.1) is 0 Å². The van der Waals surface area contributed by atoms with Gasteiger partial charge in [0.25, 0.3) is 0 Å². The molecule has 2 nitrogen and oxygen atoms in total. The molecule has 0 atom stereocenters. The highest BCUT2D eigenvalue weighted by Crippen LogP contribution is 1.92. The lowest BCUT2D eigenvalue weighted by atomic mass is 10.4. The normalized spacial score (nSPS) is 7.80. The van der Waals surface area contributed by atoms with E-state index in [0.29, 0.717) is 0 Å². The van der Waals surface area contributed by atoms with E-state index in [0.717, 1.165) is 5.69 Å². The predicted octanol–water partition coefficient (Wildman–Crippen LogP) is 2.73. The number of aromatic nitrogens is 1. The summed E-state index contributed by atoms with van der Waals surface area (Å²) in [4.78, 5) is 0. The van der Waals surface area contributed by atoms with Gasteiger partial charge in [0.15, 0.2) is 0 Å². The molecule has 0 fully saturated rings. The maximum Gasteiger partial charge on any atom is 0.124 e. The van der Waals surface area contributed by atoms with Gasteiger partial charge in [-0.25, -0.2) is 0 Å². The molecule has 0 amide bonds. The number of hydrogen-bond acceptors (Lipinski definition) is 2. The fourth-order valence-corrected chi connectivity index (χ4v) is 0.327. The maximum atomic E-state index is 4.48. The summed E-state index contributed by atoms with van der Waals surface area (Å²) in [5.74, 6) is 0. The first kappa shape index (κ1) is 8.95. The Morgan fingerprint density at radius 3 is 2.50 bits per heavy atom. The highest BCUT2D eigenvalue weighted by molar-refractivity contribution is 5.38. The number of rotatable bonds is 1. The van der Waals surface area contributed by atoms with Gasteiger partial charge in [0.05, 0.1) is 0 Å². The zero-order valence-corrected chi connectivity index (χ0v) is 6.50. The fourth-order valence-electron chi connectivity index (χ4n) is 0.327. The summed E-state index contributed by atoms with van der Waals surface area (Å²) in [6.45, 7) is 7.73. The van der Waals surface area contributed by atoms with Crippen molar-refractivity contribution in [2.75, 3.05) is 0 Å². The first-order chi connectivity index (χ1) is 4.85. The molecule has 0 aliphatic carbocycles. The Kier molecular flexibility index (Phi) is 5.44. The van der Waals surface area contributed by atoms with Crippen molar-refractivity contribution in [3.05, 3.63) is 24.6 Å². The summed E-state index contributed by atoms with van der Waals surface area (Å²) < 4.78 is 4.48. The second kappa shape index (κ2) is 6.08. The molecule has 0 aliphatic rings.